The molecule has 0 aromatic heterocycles. The Balaban J connectivity index is 1.83. The van der Waals surface area contributed by atoms with E-state index in [4.69, 9.17) is 0 Å². The second-order valence-electron chi connectivity index (χ2n) is 5.13. The highest BCUT2D eigenvalue weighted by atomic mass is 19.1. The van der Waals surface area contributed by atoms with E-state index in [9.17, 15) is 14.0 Å². The van der Waals surface area contributed by atoms with Crippen molar-refractivity contribution in [3.8, 4) is 0 Å². The Morgan fingerprint density at radius 2 is 1.74 bits per heavy atom. The summed E-state index contributed by atoms with van der Waals surface area (Å²) in [5, 5.41) is 7.45. The van der Waals surface area contributed by atoms with Gasteiger partial charge in [0, 0.05) is 5.69 Å². The molecule has 23 heavy (non-hydrogen) atoms. The molecule has 120 valence electrons. The average Bonchev–Trinajstić information content (AvgIpc) is 2.51. The van der Waals surface area contributed by atoms with Crippen LogP contribution in [-0.2, 0) is 4.79 Å². The number of urea groups is 1. The number of aryl methyl sites for hydroxylation is 2. The number of benzene rings is 2. The van der Waals surface area contributed by atoms with Gasteiger partial charge in [-0.2, -0.15) is 0 Å². The van der Waals surface area contributed by atoms with Gasteiger partial charge in [-0.3, -0.25) is 4.79 Å². The van der Waals surface area contributed by atoms with Gasteiger partial charge in [0.25, 0.3) is 0 Å². The van der Waals surface area contributed by atoms with E-state index in [1.54, 1.807) is 12.1 Å². The molecule has 6 heteroatoms. The minimum absolute atomic E-state index is 0.0777. The number of rotatable bonds is 4. The summed E-state index contributed by atoms with van der Waals surface area (Å²) in [6.07, 6.45) is 0. The van der Waals surface area contributed by atoms with E-state index in [1.165, 1.54) is 18.2 Å². The lowest BCUT2D eigenvalue weighted by Gasteiger charge is -2.10. The molecular formula is C17H18FN3O2. The van der Waals surface area contributed by atoms with Gasteiger partial charge in [-0.25, -0.2) is 9.18 Å². The zero-order valence-electron chi connectivity index (χ0n) is 12.9. The topological polar surface area (TPSA) is 70.2 Å². The Morgan fingerprint density at radius 1 is 1.00 bits per heavy atom. The van der Waals surface area contributed by atoms with Crippen molar-refractivity contribution in [2.24, 2.45) is 0 Å². The van der Waals surface area contributed by atoms with E-state index in [1.807, 2.05) is 26.0 Å². The van der Waals surface area contributed by atoms with Crippen LogP contribution in [0.3, 0.4) is 0 Å². The van der Waals surface area contributed by atoms with Gasteiger partial charge in [0.05, 0.1) is 12.2 Å². The number of hydrogen-bond acceptors (Lipinski definition) is 2. The number of para-hydroxylation sites is 1. The lowest BCUT2D eigenvalue weighted by atomic mass is 10.1. The van der Waals surface area contributed by atoms with Crippen LogP contribution in [0.2, 0.25) is 0 Å². The highest BCUT2D eigenvalue weighted by Gasteiger charge is 2.08. The van der Waals surface area contributed by atoms with Crippen molar-refractivity contribution in [1.82, 2.24) is 5.32 Å². The van der Waals surface area contributed by atoms with Gasteiger partial charge in [-0.05, 0) is 49.2 Å². The highest BCUT2D eigenvalue weighted by Crippen LogP contribution is 2.14. The van der Waals surface area contributed by atoms with Gasteiger partial charge >= 0.3 is 6.03 Å². The Hall–Kier alpha value is -2.89. The average molecular weight is 315 g/mol. The van der Waals surface area contributed by atoms with E-state index in [0.717, 1.165) is 11.1 Å². The van der Waals surface area contributed by atoms with Crippen LogP contribution in [0.1, 0.15) is 11.1 Å². The molecule has 0 saturated heterocycles. The Morgan fingerprint density at radius 3 is 2.43 bits per heavy atom. The van der Waals surface area contributed by atoms with Crippen LogP contribution in [0.5, 0.6) is 0 Å². The molecule has 5 nitrogen and oxygen atoms in total. The first-order valence-corrected chi connectivity index (χ1v) is 7.12. The van der Waals surface area contributed by atoms with Crippen LogP contribution in [0.25, 0.3) is 0 Å². The molecule has 0 spiro atoms. The van der Waals surface area contributed by atoms with Crippen molar-refractivity contribution in [2.45, 2.75) is 13.8 Å². The largest absolute Gasteiger partial charge is 0.329 e. The molecule has 2 aromatic rings. The van der Waals surface area contributed by atoms with Crippen LogP contribution in [0.4, 0.5) is 20.6 Å². The number of carbonyl (C=O) groups is 2. The normalized spacial score (nSPS) is 10.0. The third kappa shape index (κ3) is 4.81. The summed E-state index contributed by atoms with van der Waals surface area (Å²) >= 11 is 0. The second kappa shape index (κ2) is 7.40. The minimum Gasteiger partial charge on any atom is -0.329 e. The molecule has 0 saturated carbocycles. The van der Waals surface area contributed by atoms with E-state index >= 15 is 0 Å². The third-order valence-corrected chi connectivity index (χ3v) is 3.32. The minimum atomic E-state index is -0.527. The summed E-state index contributed by atoms with van der Waals surface area (Å²) < 4.78 is 13.4. The van der Waals surface area contributed by atoms with Crippen molar-refractivity contribution in [3.63, 3.8) is 0 Å². The van der Waals surface area contributed by atoms with Crippen LogP contribution in [0.15, 0.2) is 42.5 Å². The van der Waals surface area contributed by atoms with Gasteiger partial charge in [0.2, 0.25) is 5.91 Å². The fourth-order valence-corrected chi connectivity index (χ4v) is 1.91. The molecule has 0 unspecified atom stereocenters. The maximum absolute atomic E-state index is 13.4. The number of hydrogen-bond donors (Lipinski definition) is 3. The molecule has 3 amide bonds. The van der Waals surface area contributed by atoms with E-state index in [0.29, 0.717) is 5.69 Å². The Bertz CT molecular complexity index is 732. The molecule has 2 rings (SSSR count). The fraction of sp³-hybridized carbons (Fsp3) is 0.176. The monoisotopic (exact) mass is 315 g/mol. The molecule has 0 aliphatic rings. The molecule has 0 bridgehead atoms. The van der Waals surface area contributed by atoms with Gasteiger partial charge in [-0.1, -0.05) is 18.2 Å². The number of halogens is 1. The first-order chi connectivity index (χ1) is 11.0. The zero-order valence-corrected chi connectivity index (χ0v) is 12.9. The summed E-state index contributed by atoms with van der Waals surface area (Å²) in [6, 6.07) is 10.8. The van der Waals surface area contributed by atoms with E-state index in [2.05, 4.69) is 16.0 Å². The van der Waals surface area contributed by atoms with Gasteiger partial charge in [0.15, 0.2) is 0 Å². The molecule has 0 aliphatic carbocycles. The van der Waals surface area contributed by atoms with Crippen molar-refractivity contribution >= 4 is 23.3 Å². The molecule has 0 aliphatic heterocycles. The lowest BCUT2D eigenvalue weighted by molar-refractivity contribution is -0.115. The first-order valence-electron chi connectivity index (χ1n) is 7.12. The molecule has 3 N–H and O–H groups in total. The summed E-state index contributed by atoms with van der Waals surface area (Å²) in [7, 11) is 0. The molecule has 2 aromatic carbocycles. The third-order valence-electron chi connectivity index (χ3n) is 3.32. The molecule has 0 fully saturated rings. The number of nitrogens with one attached hydrogen (secondary N) is 3. The summed E-state index contributed by atoms with van der Waals surface area (Å²) in [4.78, 5) is 23.5. The first kappa shape index (κ1) is 16.5. The predicted molar refractivity (Wildman–Crippen MR) is 88.0 cm³/mol. The van der Waals surface area contributed by atoms with Crippen LogP contribution in [0, 0.1) is 19.7 Å². The molecule has 0 atom stereocenters. The van der Waals surface area contributed by atoms with Crippen LogP contribution >= 0.6 is 0 Å². The number of amides is 3. The summed E-state index contributed by atoms with van der Waals surface area (Å²) in [5.41, 5.74) is 2.90. The SMILES string of the molecule is Cc1ccc(NC(=O)NCC(=O)Nc2ccccc2F)cc1C. The second-order valence-corrected chi connectivity index (χ2v) is 5.13. The zero-order chi connectivity index (χ0) is 16.8. The quantitative estimate of drug-likeness (QED) is 0.811. The van der Waals surface area contributed by atoms with Crippen LogP contribution in [-0.4, -0.2) is 18.5 Å². The fourth-order valence-electron chi connectivity index (χ4n) is 1.91. The van der Waals surface area contributed by atoms with Crippen LogP contribution < -0.4 is 16.0 Å². The van der Waals surface area contributed by atoms with Gasteiger partial charge < -0.3 is 16.0 Å². The van der Waals surface area contributed by atoms with Crippen molar-refractivity contribution in [3.05, 3.63) is 59.4 Å². The highest BCUT2D eigenvalue weighted by molar-refractivity contribution is 5.97. The number of carbonyl (C=O) groups excluding carboxylic acids is 2. The maximum atomic E-state index is 13.4. The van der Waals surface area contributed by atoms with Gasteiger partial charge in [-0.15, -0.1) is 0 Å². The lowest BCUT2D eigenvalue weighted by Crippen LogP contribution is -2.35. The van der Waals surface area contributed by atoms with E-state index < -0.39 is 17.8 Å². The van der Waals surface area contributed by atoms with Gasteiger partial charge in [0.1, 0.15) is 5.82 Å². The molecule has 0 heterocycles. The Labute approximate surface area is 133 Å². The standard InChI is InChI=1S/C17H18FN3O2/c1-11-7-8-13(9-12(11)2)20-17(23)19-10-16(22)21-15-6-4-3-5-14(15)18/h3-9H,10H2,1-2H3,(H,21,22)(H2,19,20,23). The smallest absolute Gasteiger partial charge is 0.319 e. The van der Waals surface area contributed by atoms with E-state index in [-0.39, 0.29) is 12.2 Å². The summed E-state index contributed by atoms with van der Waals surface area (Å²) in [6.45, 7) is 3.66. The Kier molecular flexibility index (Phi) is 5.30. The maximum Gasteiger partial charge on any atom is 0.319 e. The van der Waals surface area contributed by atoms with Crippen molar-refractivity contribution in [1.29, 1.82) is 0 Å². The summed E-state index contributed by atoms with van der Waals surface area (Å²) in [5.74, 6) is -1.04. The molecule has 0 radical (unpaired) electrons. The van der Waals surface area contributed by atoms with Crippen molar-refractivity contribution in [2.75, 3.05) is 17.2 Å². The molecular weight excluding hydrogens is 297 g/mol. The van der Waals surface area contributed by atoms with Crippen molar-refractivity contribution < 1.29 is 14.0 Å². The number of anilines is 2. The predicted octanol–water partition coefficient (Wildman–Crippen LogP) is 3.20.